The minimum Gasteiger partial charge on any atom is -0.324 e. The Labute approximate surface area is 157 Å². The van der Waals surface area contributed by atoms with Crippen LogP contribution in [-0.4, -0.2) is 21.7 Å². The van der Waals surface area contributed by atoms with Crippen molar-refractivity contribution >= 4 is 34.7 Å². The number of para-hydroxylation sites is 1. The molecule has 4 rings (SSSR count). The summed E-state index contributed by atoms with van der Waals surface area (Å²) < 4.78 is 39.8. The fraction of sp³-hybridized carbons (Fsp3) is 0.167. The molecule has 0 saturated heterocycles. The lowest BCUT2D eigenvalue weighted by Crippen LogP contribution is -2.16. The summed E-state index contributed by atoms with van der Waals surface area (Å²) in [6, 6.07) is 11.4. The first kappa shape index (κ1) is 17.5. The standard InChI is InChI=1S/C18H13ClF3N5/c19-12-5-6-14(13(9-12)18(20,21)22)24-17-25-16(10-23-26-17)27-8-7-11-3-1-2-4-15(11)27/h1-6,9-10H,7-8H2,(H,24,25,26). The number of anilines is 4. The molecule has 138 valence electrons. The highest BCUT2D eigenvalue weighted by Gasteiger charge is 2.34. The first-order valence-corrected chi connectivity index (χ1v) is 8.48. The van der Waals surface area contributed by atoms with E-state index in [1.165, 1.54) is 23.9 Å². The van der Waals surface area contributed by atoms with Crippen molar-refractivity contribution in [1.82, 2.24) is 15.2 Å². The number of halogens is 4. The molecule has 2 heterocycles. The topological polar surface area (TPSA) is 53.9 Å². The summed E-state index contributed by atoms with van der Waals surface area (Å²) in [5.41, 5.74) is 1.11. The third-order valence-electron chi connectivity index (χ3n) is 4.24. The molecule has 9 heteroatoms. The van der Waals surface area contributed by atoms with Crippen LogP contribution in [0.5, 0.6) is 0 Å². The van der Waals surface area contributed by atoms with Crippen LogP contribution in [-0.2, 0) is 12.6 Å². The normalized spacial score (nSPS) is 13.6. The summed E-state index contributed by atoms with van der Waals surface area (Å²) in [5.74, 6) is 0.490. The van der Waals surface area contributed by atoms with Gasteiger partial charge in [0.15, 0.2) is 5.82 Å². The number of nitrogens with one attached hydrogen (secondary N) is 1. The van der Waals surface area contributed by atoms with Crippen LogP contribution in [0.25, 0.3) is 0 Å². The number of rotatable bonds is 3. The highest BCUT2D eigenvalue weighted by atomic mass is 35.5. The van der Waals surface area contributed by atoms with Crippen molar-refractivity contribution in [3.8, 4) is 0 Å². The fourth-order valence-electron chi connectivity index (χ4n) is 3.03. The average molecular weight is 392 g/mol. The third kappa shape index (κ3) is 3.52. The van der Waals surface area contributed by atoms with E-state index in [4.69, 9.17) is 11.6 Å². The average Bonchev–Trinajstić information content (AvgIpc) is 3.07. The summed E-state index contributed by atoms with van der Waals surface area (Å²) in [7, 11) is 0. The lowest BCUT2D eigenvalue weighted by Gasteiger charge is -2.18. The number of nitrogens with zero attached hydrogens (tertiary/aromatic N) is 4. The molecule has 0 spiro atoms. The van der Waals surface area contributed by atoms with Gasteiger partial charge in [-0.3, -0.25) is 0 Å². The molecule has 0 aliphatic carbocycles. The third-order valence-corrected chi connectivity index (χ3v) is 4.48. The summed E-state index contributed by atoms with van der Waals surface area (Å²) in [4.78, 5) is 6.30. The second-order valence-electron chi connectivity index (χ2n) is 5.98. The number of fused-ring (bicyclic) bond motifs is 1. The van der Waals surface area contributed by atoms with Gasteiger partial charge in [-0.1, -0.05) is 29.8 Å². The predicted octanol–water partition coefficient (Wildman–Crippen LogP) is 4.98. The molecular formula is C18H13ClF3N5. The molecule has 2 aromatic carbocycles. The van der Waals surface area contributed by atoms with Crippen molar-refractivity contribution in [2.24, 2.45) is 0 Å². The molecule has 0 radical (unpaired) electrons. The van der Waals surface area contributed by atoms with Gasteiger partial charge in [-0.05, 0) is 36.2 Å². The number of aromatic nitrogens is 3. The molecule has 1 N–H and O–H groups in total. The van der Waals surface area contributed by atoms with Crippen LogP contribution in [0.15, 0.2) is 48.7 Å². The Bertz CT molecular complexity index is 993. The Kier molecular flexibility index (Phi) is 4.35. The largest absolute Gasteiger partial charge is 0.418 e. The van der Waals surface area contributed by atoms with Gasteiger partial charge in [0.05, 0.1) is 17.4 Å². The maximum Gasteiger partial charge on any atom is 0.418 e. The highest BCUT2D eigenvalue weighted by molar-refractivity contribution is 6.30. The predicted molar refractivity (Wildman–Crippen MR) is 96.7 cm³/mol. The molecule has 1 aromatic heterocycles. The van der Waals surface area contributed by atoms with Crippen LogP contribution < -0.4 is 10.2 Å². The van der Waals surface area contributed by atoms with E-state index in [-0.39, 0.29) is 16.7 Å². The molecule has 1 aliphatic heterocycles. The Balaban J connectivity index is 1.66. The summed E-state index contributed by atoms with van der Waals surface area (Å²) >= 11 is 5.71. The van der Waals surface area contributed by atoms with E-state index in [2.05, 4.69) is 20.5 Å². The van der Waals surface area contributed by atoms with E-state index in [1.807, 2.05) is 29.2 Å². The molecule has 1 aliphatic rings. The summed E-state index contributed by atoms with van der Waals surface area (Å²) in [5, 5.41) is 10.3. The van der Waals surface area contributed by atoms with Crippen molar-refractivity contribution in [1.29, 1.82) is 0 Å². The molecule has 0 fully saturated rings. The van der Waals surface area contributed by atoms with Gasteiger partial charge in [-0.15, -0.1) is 5.10 Å². The van der Waals surface area contributed by atoms with Crippen LogP contribution >= 0.6 is 11.6 Å². The Hall–Kier alpha value is -2.87. The zero-order valence-electron chi connectivity index (χ0n) is 13.8. The van der Waals surface area contributed by atoms with Crippen molar-refractivity contribution in [3.63, 3.8) is 0 Å². The first-order chi connectivity index (χ1) is 12.9. The van der Waals surface area contributed by atoms with Crippen molar-refractivity contribution < 1.29 is 13.2 Å². The lowest BCUT2D eigenvalue weighted by molar-refractivity contribution is -0.136. The number of hydrogen-bond donors (Lipinski definition) is 1. The SMILES string of the molecule is FC(F)(F)c1cc(Cl)ccc1Nc1nncc(N2CCc3ccccc32)n1. The van der Waals surface area contributed by atoms with Gasteiger partial charge in [-0.25, -0.2) is 0 Å². The highest BCUT2D eigenvalue weighted by Crippen LogP contribution is 2.38. The van der Waals surface area contributed by atoms with Gasteiger partial charge in [0.2, 0.25) is 5.95 Å². The molecule has 27 heavy (non-hydrogen) atoms. The van der Waals surface area contributed by atoms with Crippen LogP contribution in [0.2, 0.25) is 5.02 Å². The second kappa shape index (κ2) is 6.70. The van der Waals surface area contributed by atoms with Crippen molar-refractivity contribution in [2.75, 3.05) is 16.8 Å². The molecule has 0 atom stereocenters. The van der Waals surface area contributed by atoms with Gasteiger partial charge >= 0.3 is 6.18 Å². The zero-order valence-corrected chi connectivity index (χ0v) is 14.6. The Morgan fingerprint density at radius 2 is 1.93 bits per heavy atom. The van der Waals surface area contributed by atoms with Crippen LogP contribution in [0.4, 0.5) is 36.3 Å². The zero-order chi connectivity index (χ0) is 19.0. The van der Waals surface area contributed by atoms with E-state index in [0.29, 0.717) is 12.4 Å². The minimum atomic E-state index is -4.56. The van der Waals surface area contributed by atoms with Gasteiger partial charge in [0, 0.05) is 17.3 Å². The quantitative estimate of drug-likeness (QED) is 0.682. The minimum absolute atomic E-state index is 0.00524. The second-order valence-corrected chi connectivity index (χ2v) is 6.42. The Morgan fingerprint density at radius 1 is 1.11 bits per heavy atom. The van der Waals surface area contributed by atoms with Crippen LogP contribution in [0.1, 0.15) is 11.1 Å². The van der Waals surface area contributed by atoms with Crippen LogP contribution in [0, 0.1) is 0 Å². The molecular weight excluding hydrogens is 379 g/mol. The Morgan fingerprint density at radius 3 is 2.74 bits per heavy atom. The molecule has 0 saturated carbocycles. The van der Waals surface area contributed by atoms with Crippen molar-refractivity contribution in [2.45, 2.75) is 12.6 Å². The van der Waals surface area contributed by atoms with E-state index in [1.54, 1.807) is 0 Å². The fourth-order valence-corrected chi connectivity index (χ4v) is 3.21. The molecule has 0 bridgehead atoms. The number of alkyl halides is 3. The number of benzene rings is 2. The van der Waals surface area contributed by atoms with Gasteiger partial charge in [-0.2, -0.15) is 23.3 Å². The summed E-state index contributed by atoms with van der Waals surface area (Å²) in [6.45, 7) is 0.715. The molecule has 3 aromatic rings. The first-order valence-electron chi connectivity index (χ1n) is 8.11. The van der Waals surface area contributed by atoms with E-state index in [9.17, 15) is 13.2 Å². The molecule has 0 unspecified atom stereocenters. The lowest BCUT2D eigenvalue weighted by atomic mass is 10.1. The van der Waals surface area contributed by atoms with Gasteiger partial charge < -0.3 is 10.2 Å². The van der Waals surface area contributed by atoms with Gasteiger partial charge in [0.1, 0.15) is 0 Å². The smallest absolute Gasteiger partial charge is 0.324 e. The van der Waals surface area contributed by atoms with Gasteiger partial charge in [0.25, 0.3) is 0 Å². The van der Waals surface area contributed by atoms with E-state index < -0.39 is 11.7 Å². The molecule has 5 nitrogen and oxygen atoms in total. The summed E-state index contributed by atoms with van der Waals surface area (Å²) in [6.07, 6.45) is -2.22. The molecule has 0 amide bonds. The van der Waals surface area contributed by atoms with Crippen LogP contribution in [0.3, 0.4) is 0 Å². The number of hydrogen-bond acceptors (Lipinski definition) is 5. The maximum atomic E-state index is 13.3. The maximum absolute atomic E-state index is 13.3. The monoisotopic (exact) mass is 391 g/mol. The van der Waals surface area contributed by atoms with Crippen molar-refractivity contribution in [3.05, 3.63) is 64.8 Å². The van der Waals surface area contributed by atoms with E-state index >= 15 is 0 Å². The van der Waals surface area contributed by atoms with E-state index in [0.717, 1.165) is 18.2 Å².